The van der Waals surface area contributed by atoms with Crippen LogP contribution in [0, 0.1) is 0 Å². The average molecular weight is 420 g/mol. The van der Waals surface area contributed by atoms with Crippen molar-refractivity contribution in [3.8, 4) is 5.75 Å². The Morgan fingerprint density at radius 3 is 2.31 bits per heavy atom. The first-order chi connectivity index (χ1) is 13.7. The predicted octanol–water partition coefficient (Wildman–Crippen LogP) is 2.35. The molecule has 0 fully saturated rings. The van der Waals surface area contributed by atoms with Gasteiger partial charge in [0.25, 0.3) is 15.9 Å². The smallest absolute Gasteiger partial charge is 0.338 e. The number of sulfonamides is 1. The molecule has 2 aromatic rings. The van der Waals surface area contributed by atoms with Gasteiger partial charge in [0.15, 0.2) is 6.10 Å². The van der Waals surface area contributed by atoms with Gasteiger partial charge in [-0.2, -0.15) is 0 Å². The minimum Gasteiger partial charge on any atom is -0.495 e. The Hall–Kier alpha value is -3.07. The van der Waals surface area contributed by atoms with E-state index in [1.165, 1.54) is 33.2 Å². The highest BCUT2D eigenvalue weighted by atomic mass is 32.2. The van der Waals surface area contributed by atoms with E-state index in [0.29, 0.717) is 5.69 Å². The van der Waals surface area contributed by atoms with Gasteiger partial charge in [0, 0.05) is 12.7 Å². The highest BCUT2D eigenvalue weighted by Gasteiger charge is 2.24. The monoisotopic (exact) mass is 420 g/mol. The summed E-state index contributed by atoms with van der Waals surface area (Å²) in [5.74, 6) is -1.23. The number of amides is 1. The molecule has 0 aliphatic heterocycles. The molecule has 0 unspecified atom stereocenters. The largest absolute Gasteiger partial charge is 0.495 e. The number of likely N-dealkylation sites (N-methyl/N-ethyl adjacent to an activating group) is 1. The molecule has 0 aliphatic rings. The van der Waals surface area contributed by atoms with E-state index in [1.54, 1.807) is 12.1 Å². The lowest BCUT2D eigenvalue weighted by Crippen LogP contribution is -2.33. The van der Waals surface area contributed by atoms with E-state index < -0.39 is 28.0 Å². The molecule has 0 spiro atoms. The molecule has 8 nitrogen and oxygen atoms in total. The zero-order valence-corrected chi connectivity index (χ0v) is 17.5. The van der Waals surface area contributed by atoms with Crippen molar-refractivity contribution in [1.29, 1.82) is 0 Å². The van der Waals surface area contributed by atoms with E-state index in [2.05, 4.69) is 10.0 Å². The molecule has 0 saturated heterocycles. The molecule has 0 heterocycles. The van der Waals surface area contributed by atoms with Crippen molar-refractivity contribution in [3.05, 3.63) is 53.6 Å². The third-order valence-corrected chi connectivity index (χ3v) is 5.61. The number of rotatable bonds is 8. The van der Waals surface area contributed by atoms with Crippen LogP contribution in [0.15, 0.2) is 47.4 Å². The van der Waals surface area contributed by atoms with E-state index in [4.69, 9.17) is 9.47 Å². The Morgan fingerprint density at radius 2 is 1.76 bits per heavy atom. The second-order valence-electron chi connectivity index (χ2n) is 6.18. The third kappa shape index (κ3) is 5.47. The number of anilines is 1. The first-order valence-electron chi connectivity index (χ1n) is 8.94. The third-order valence-electron chi connectivity index (χ3n) is 4.20. The number of benzene rings is 2. The Kier molecular flexibility index (Phi) is 7.22. The SMILES string of the molecule is CCc1ccc(NS(=O)(=O)c2cc(C(=O)O[C@H](C)C(=O)NC)ccc2OC)cc1. The van der Waals surface area contributed by atoms with Gasteiger partial charge in [-0.25, -0.2) is 13.2 Å². The molecule has 1 atom stereocenters. The summed E-state index contributed by atoms with van der Waals surface area (Å²) in [6, 6.07) is 10.8. The van der Waals surface area contributed by atoms with Gasteiger partial charge >= 0.3 is 5.97 Å². The van der Waals surface area contributed by atoms with Crippen LogP contribution in [0.3, 0.4) is 0 Å². The number of carbonyl (C=O) groups is 2. The van der Waals surface area contributed by atoms with Crippen molar-refractivity contribution in [1.82, 2.24) is 5.32 Å². The van der Waals surface area contributed by atoms with Crippen molar-refractivity contribution < 1.29 is 27.5 Å². The van der Waals surface area contributed by atoms with Gasteiger partial charge < -0.3 is 14.8 Å². The van der Waals surface area contributed by atoms with E-state index >= 15 is 0 Å². The van der Waals surface area contributed by atoms with Crippen LogP contribution < -0.4 is 14.8 Å². The van der Waals surface area contributed by atoms with Gasteiger partial charge in [-0.05, 0) is 49.2 Å². The van der Waals surface area contributed by atoms with Gasteiger partial charge in [0.05, 0.1) is 12.7 Å². The van der Waals surface area contributed by atoms with Crippen LogP contribution in [-0.4, -0.2) is 40.6 Å². The summed E-state index contributed by atoms with van der Waals surface area (Å²) >= 11 is 0. The normalized spacial score (nSPS) is 12.0. The predicted molar refractivity (Wildman–Crippen MR) is 109 cm³/mol. The van der Waals surface area contributed by atoms with Gasteiger partial charge in [0.1, 0.15) is 10.6 Å². The zero-order valence-electron chi connectivity index (χ0n) is 16.7. The van der Waals surface area contributed by atoms with Crippen LogP contribution in [0.4, 0.5) is 5.69 Å². The van der Waals surface area contributed by atoms with Crippen molar-refractivity contribution >= 4 is 27.6 Å². The molecule has 0 aromatic heterocycles. The fourth-order valence-corrected chi connectivity index (χ4v) is 3.77. The zero-order chi connectivity index (χ0) is 21.6. The number of aryl methyl sites for hydroxylation is 1. The lowest BCUT2D eigenvalue weighted by atomic mass is 10.2. The van der Waals surface area contributed by atoms with E-state index in [0.717, 1.165) is 18.1 Å². The minimum absolute atomic E-state index is 0.0248. The summed E-state index contributed by atoms with van der Waals surface area (Å²) in [5, 5.41) is 2.37. The summed E-state index contributed by atoms with van der Waals surface area (Å²) < 4.78 is 38.4. The molecule has 156 valence electrons. The number of methoxy groups -OCH3 is 1. The number of hydrogen-bond donors (Lipinski definition) is 2. The van der Waals surface area contributed by atoms with Crippen LogP contribution in [0.2, 0.25) is 0 Å². The molecular weight excluding hydrogens is 396 g/mol. The standard InChI is InChI=1S/C20H24N2O6S/c1-5-14-6-9-16(10-7-14)22-29(25,26)18-12-15(8-11-17(18)27-4)20(24)28-13(2)19(23)21-3/h6-13,22H,5H2,1-4H3,(H,21,23)/t13-/m1/s1. The molecule has 29 heavy (non-hydrogen) atoms. The van der Waals surface area contributed by atoms with Crippen molar-refractivity contribution in [2.75, 3.05) is 18.9 Å². The second-order valence-corrected chi connectivity index (χ2v) is 7.83. The summed E-state index contributed by atoms with van der Waals surface area (Å²) in [6.07, 6.45) is -0.190. The Bertz CT molecular complexity index is 987. The number of hydrogen-bond acceptors (Lipinski definition) is 6. The Morgan fingerprint density at radius 1 is 1.10 bits per heavy atom. The topological polar surface area (TPSA) is 111 Å². The maximum Gasteiger partial charge on any atom is 0.338 e. The molecule has 2 rings (SSSR count). The fourth-order valence-electron chi connectivity index (χ4n) is 2.52. The van der Waals surface area contributed by atoms with Crippen molar-refractivity contribution in [3.63, 3.8) is 0 Å². The fraction of sp³-hybridized carbons (Fsp3) is 0.300. The molecule has 0 radical (unpaired) electrons. The summed E-state index contributed by atoms with van der Waals surface area (Å²) in [5.41, 5.74) is 1.43. The van der Waals surface area contributed by atoms with Crippen LogP contribution in [0.25, 0.3) is 0 Å². The van der Waals surface area contributed by atoms with Gasteiger partial charge in [-0.1, -0.05) is 19.1 Å². The first kappa shape index (κ1) is 22.2. The molecule has 1 amide bonds. The van der Waals surface area contributed by atoms with Gasteiger partial charge in [-0.3, -0.25) is 9.52 Å². The average Bonchev–Trinajstić information content (AvgIpc) is 2.72. The number of nitrogens with one attached hydrogen (secondary N) is 2. The quantitative estimate of drug-likeness (QED) is 0.634. The molecular formula is C20H24N2O6S. The van der Waals surface area contributed by atoms with Crippen LogP contribution >= 0.6 is 0 Å². The highest BCUT2D eigenvalue weighted by Crippen LogP contribution is 2.27. The van der Waals surface area contributed by atoms with Crippen LogP contribution in [0.1, 0.15) is 29.8 Å². The van der Waals surface area contributed by atoms with E-state index in [1.807, 2.05) is 19.1 Å². The first-order valence-corrected chi connectivity index (χ1v) is 10.4. The second kappa shape index (κ2) is 9.42. The highest BCUT2D eigenvalue weighted by molar-refractivity contribution is 7.92. The lowest BCUT2D eigenvalue weighted by molar-refractivity contribution is -0.128. The van der Waals surface area contributed by atoms with Crippen molar-refractivity contribution in [2.24, 2.45) is 0 Å². The summed E-state index contributed by atoms with van der Waals surface area (Å²) in [6.45, 7) is 3.42. The Balaban J connectivity index is 2.33. The number of carbonyl (C=O) groups excluding carboxylic acids is 2. The van der Waals surface area contributed by atoms with Crippen molar-refractivity contribution in [2.45, 2.75) is 31.3 Å². The molecule has 0 aliphatic carbocycles. The molecule has 2 N–H and O–H groups in total. The summed E-state index contributed by atoms with van der Waals surface area (Å²) in [7, 11) is -1.29. The van der Waals surface area contributed by atoms with E-state index in [-0.39, 0.29) is 16.2 Å². The number of ether oxygens (including phenoxy) is 2. The molecule has 0 saturated carbocycles. The Labute approximate surface area is 170 Å². The summed E-state index contributed by atoms with van der Waals surface area (Å²) in [4.78, 5) is 23.6. The minimum atomic E-state index is -4.04. The molecule has 0 bridgehead atoms. The van der Waals surface area contributed by atoms with Crippen LogP contribution in [0.5, 0.6) is 5.75 Å². The van der Waals surface area contributed by atoms with E-state index in [9.17, 15) is 18.0 Å². The maximum atomic E-state index is 12.9. The van der Waals surface area contributed by atoms with Gasteiger partial charge in [0.2, 0.25) is 0 Å². The van der Waals surface area contributed by atoms with Gasteiger partial charge in [-0.15, -0.1) is 0 Å². The lowest BCUT2D eigenvalue weighted by Gasteiger charge is -2.15. The maximum absolute atomic E-state index is 12.9. The molecule has 9 heteroatoms. The van der Waals surface area contributed by atoms with Crippen LogP contribution in [-0.2, 0) is 26.0 Å². The number of esters is 1. The molecule has 2 aromatic carbocycles.